The summed E-state index contributed by atoms with van der Waals surface area (Å²) in [6.07, 6.45) is 3.06. The molecule has 0 radical (unpaired) electrons. The summed E-state index contributed by atoms with van der Waals surface area (Å²) in [5, 5.41) is 3.14. The number of hydrogen-bond acceptors (Lipinski definition) is 4. The van der Waals surface area contributed by atoms with Gasteiger partial charge in [0.15, 0.2) is 0 Å². The van der Waals surface area contributed by atoms with Gasteiger partial charge in [0.2, 0.25) is 15.9 Å². The molecule has 0 spiro atoms. The summed E-state index contributed by atoms with van der Waals surface area (Å²) in [5.41, 5.74) is 0. The first-order valence-corrected chi connectivity index (χ1v) is 9.45. The molecule has 1 aliphatic heterocycles. The van der Waals surface area contributed by atoms with Crippen LogP contribution in [0.25, 0.3) is 0 Å². The summed E-state index contributed by atoms with van der Waals surface area (Å²) in [4.78, 5) is 13.9. The van der Waals surface area contributed by atoms with Crippen molar-refractivity contribution in [1.29, 1.82) is 0 Å². The molecule has 0 unspecified atom stereocenters. The maximum atomic E-state index is 12.2. The van der Waals surface area contributed by atoms with Crippen LogP contribution in [0.5, 0.6) is 0 Å². The largest absolute Gasteiger partial charge is 0.342 e. The van der Waals surface area contributed by atoms with Crippen LogP contribution in [0, 0.1) is 5.92 Å². The van der Waals surface area contributed by atoms with E-state index in [0.29, 0.717) is 32.1 Å². The molecular formula is C14H30ClN3O3S. The summed E-state index contributed by atoms with van der Waals surface area (Å²) >= 11 is 0. The van der Waals surface area contributed by atoms with Crippen LogP contribution < -0.4 is 5.32 Å². The van der Waals surface area contributed by atoms with Crippen LogP contribution in [-0.2, 0) is 14.8 Å². The van der Waals surface area contributed by atoms with Crippen molar-refractivity contribution in [1.82, 2.24) is 14.5 Å². The maximum absolute atomic E-state index is 12.2. The minimum atomic E-state index is -3.47. The first-order valence-electron chi connectivity index (χ1n) is 7.84. The molecule has 0 aromatic carbocycles. The highest BCUT2D eigenvalue weighted by Crippen LogP contribution is 2.20. The normalized spacial score (nSPS) is 16.6. The van der Waals surface area contributed by atoms with Crippen LogP contribution in [0.2, 0.25) is 0 Å². The van der Waals surface area contributed by atoms with E-state index < -0.39 is 15.8 Å². The Bertz CT molecular complexity index is 419. The number of piperidine rings is 1. The van der Waals surface area contributed by atoms with Crippen molar-refractivity contribution in [3.05, 3.63) is 0 Å². The van der Waals surface area contributed by atoms with Gasteiger partial charge in [-0.1, -0.05) is 13.8 Å². The first-order chi connectivity index (χ1) is 9.94. The highest BCUT2D eigenvalue weighted by atomic mass is 35.5. The molecule has 22 heavy (non-hydrogen) atoms. The van der Waals surface area contributed by atoms with Gasteiger partial charge >= 0.3 is 0 Å². The molecule has 1 heterocycles. The van der Waals surface area contributed by atoms with E-state index in [9.17, 15) is 13.2 Å². The molecule has 0 aromatic heterocycles. The zero-order chi connectivity index (χ0) is 15.9. The monoisotopic (exact) mass is 355 g/mol. The van der Waals surface area contributed by atoms with E-state index in [1.807, 2.05) is 7.05 Å². The molecule has 1 rings (SSSR count). The van der Waals surface area contributed by atoms with E-state index in [4.69, 9.17) is 0 Å². The lowest BCUT2D eigenvalue weighted by molar-refractivity contribution is -0.129. The van der Waals surface area contributed by atoms with Crippen molar-refractivity contribution in [3.8, 4) is 0 Å². The van der Waals surface area contributed by atoms with E-state index in [1.165, 1.54) is 4.31 Å². The summed E-state index contributed by atoms with van der Waals surface area (Å²) in [5.74, 6) is -0.00887. The smallest absolute Gasteiger partial charge is 0.239 e. The SMILES string of the molecule is CCN(CC)S(=O)(=O)CC(=O)N1CCC(CCNC)CC1.Cl. The molecule has 0 saturated carbocycles. The van der Waals surface area contributed by atoms with Crippen molar-refractivity contribution in [3.63, 3.8) is 0 Å². The van der Waals surface area contributed by atoms with Crippen LogP contribution in [0.3, 0.4) is 0 Å². The molecule has 0 atom stereocenters. The van der Waals surface area contributed by atoms with Crippen molar-refractivity contribution in [2.75, 3.05) is 45.5 Å². The third kappa shape index (κ3) is 6.40. The van der Waals surface area contributed by atoms with E-state index >= 15 is 0 Å². The van der Waals surface area contributed by atoms with Crippen molar-refractivity contribution in [2.45, 2.75) is 33.1 Å². The Morgan fingerprint density at radius 1 is 1.23 bits per heavy atom. The highest BCUT2D eigenvalue weighted by molar-refractivity contribution is 7.89. The second-order valence-electron chi connectivity index (χ2n) is 5.56. The third-order valence-electron chi connectivity index (χ3n) is 4.17. The minimum Gasteiger partial charge on any atom is -0.342 e. The zero-order valence-corrected chi connectivity index (χ0v) is 15.5. The maximum Gasteiger partial charge on any atom is 0.239 e. The summed E-state index contributed by atoms with van der Waals surface area (Å²) in [7, 11) is -1.53. The van der Waals surface area contributed by atoms with Gasteiger partial charge in [-0.3, -0.25) is 4.79 Å². The van der Waals surface area contributed by atoms with Gasteiger partial charge in [-0.25, -0.2) is 12.7 Å². The molecule has 132 valence electrons. The number of hydrogen-bond donors (Lipinski definition) is 1. The third-order valence-corrected chi connectivity index (χ3v) is 6.09. The fourth-order valence-corrected chi connectivity index (χ4v) is 4.24. The molecule has 8 heteroatoms. The van der Waals surface area contributed by atoms with Crippen LogP contribution in [0.15, 0.2) is 0 Å². The molecule has 1 N–H and O–H groups in total. The van der Waals surface area contributed by atoms with Crippen LogP contribution in [0.4, 0.5) is 0 Å². The lowest BCUT2D eigenvalue weighted by Gasteiger charge is -2.32. The van der Waals surface area contributed by atoms with E-state index in [2.05, 4.69) is 5.32 Å². The Morgan fingerprint density at radius 3 is 2.23 bits per heavy atom. The lowest BCUT2D eigenvalue weighted by atomic mass is 9.93. The number of halogens is 1. The second-order valence-corrected chi connectivity index (χ2v) is 7.53. The standard InChI is InChI=1S/C14H29N3O3S.ClH/c1-4-17(5-2)21(19,20)12-14(18)16-10-7-13(8-11-16)6-9-15-3;/h13,15H,4-12H2,1-3H3;1H. The fraction of sp³-hybridized carbons (Fsp3) is 0.929. The van der Waals surface area contributed by atoms with Crippen molar-refractivity contribution >= 4 is 28.3 Å². The Hall–Kier alpha value is -0.370. The van der Waals surface area contributed by atoms with Crippen molar-refractivity contribution in [2.24, 2.45) is 5.92 Å². The van der Waals surface area contributed by atoms with Gasteiger partial charge in [-0.05, 0) is 38.8 Å². The number of amides is 1. The Balaban J connectivity index is 0.00000441. The van der Waals surface area contributed by atoms with E-state index in [1.54, 1.807) is 18.7 Å². The van der Waals surface area contributed by atoms with Crippen molar-refractivity contribution < 1.29 is 13.2 Å². The molecule has 1 fully saturated rings. The number of likely N-dealkylation sites (tertiary alicyclic amines) is 1. The molecule has 0 bridgehead atoms. The fourth-order valence-electron chi connectivity index (χ4n) is 2.78. The first kappa shape index (κ1) is 21.6. The van der Waals surface area contributed by atoms with E-state index in [-0.39, 0.29) is 18.3 Å². The topological polar surface area (TPSA) is 69.7 Å². The summed E-state index contributed by atoms with van der Waals surface area (Å²) in [6, 6.07) is 0. The molecule has 1 saturated heterocycles. The van der Waals surface area contributed by atoms with Gasteiger partial charge in [-0.15, -0.1) is 12.4 Å². The van der Waals surface area contributed by atoms with Gasteiger partial charge in [0, 0.05) is 26.2 Å². The van der Waals surface area contributed by atoms with Crippen LogP contribution in [-0.4, -0.2) is 69.1 Å². The number of nitrogens with one attached hydrogen (secondary N) is 1. The van der Waals surface area contributed by atoms with Gasteiger partial charge in [0.05, 0.1) is 0 Å². The van der Waals surface area contributed by atoms with E-state index in [0.717, 1.165) is 25.8 Å². The summed E-state index contributed by atoms with van der Waals surface area (Å²) in [6.45, 7) is 6.77. The lowest BCUT2D eigenvalue weighted by Crippen LogP contribution is -2.44. The van der Waals surface area contributed by atoms with Gasteiger partial charge in [0.1, 0.15) is 5.75 Å². The molecule has 6 nitrogen and oxygen atoms in total. The molecule has 0 aliphatic carbocycles. The number of carbonyl (C=O) groups excluding carboxylic acids is 1. The minimum absolute atomic E-state index is 0. The quantitative estimate of drug-likeness (QED) is 0.703. The number of nitrogens with zero attached hydrogens (tertiary/aromatic N) is 2. The van der Waals surface area contributed by atoms with Gasteiger partial charge < -0.3 is 10.2 Å². The summed E-state index contributed by atoms with van der Waals surface area (Å²) < 4.78 is 25.6. The number of rotatable bonds is 8. The number of carbonyl (C=O) groups is 1. The van der Waals surface area contributed by atoms with Gasteiger partial charge in [0.25, 0.3) is 0 Å². The Kier molecular flexibility index (Phi) is 10.2. The zero-order valence-electron chi connectivity index (χ0n) is 13.9. The average molecular weight is 356 g/mol. The van der Waals surface area contributed by atoms with Crippen LogP contribution >= 0.6 is 12.4 Å². The van der Waals surface area contributed by atoms with Crippen LogP contribution in [0.1, 0.15) is 33.1 Å². The average Bonchev–Trinajstić information content (AvgIpc) is 2.46. The number of sulfonamides is 1. The molecular weight excluding hydrogens is 326 g/mol. The highest BCUT2D eigenvalue weighted by Gasteiger charge is 2.28. The Labute approximate surface area is 141 Å². The Morgan fingerprint density at radius 2 is 1.77 bits per heavy atom. The second kappa shape index (κ2) is 10.4. The predicted octanol–water partition coefficient (Wildman–Crippen LogP) is 0.928. The molecule has 0 aromatic rings. The molecule has 1 amide bonds. The van der Waals surface area contributed by atoms with Gasteiger partial charge in [-0.2, -0.15) is 0 Å². The predicted molar refractivity (Wildman–Crippen MR) is 91.8 cm³/mol. The molecule has 1 aliphatic rings.